The van der Waals surface area contributed by atoms with Crippen LogP contribution in [0.4, 0.5) is 29.3 Å². The van der Waals surface area contributed by atoms with Crippen molar-refractivity contribution in [3.8, 4) is 17.3 Å². The Kier molecular flexibility index (Phi) is 6.92. The summed E-state index contributed by atoms with van der Waals surface area (Å²) in [6.45, 7) is -1.45. The summed E-state index contributed by atoms with van der Waals surface area (Å²) in [4.78, 5) is 12.5. The van der Waals surface area contributed by atoms with Gasteiger partial charge in [0.1, 0.15) is 17.9 Å². The van der Waals surface area contributed by atoms with Crippen molar-refractivity contribution in [2.24, 2.45) is 5.14 Å². The number of primary sulfonamides is 1. The molecule has 190 valence electrons. The van der Waals surface area contributed by atoms with E-state index in [1.807, 2.05) is 6.07 Å². The number of alkyl halides is 3. The van der Waals surface area contributed by atoms with E-state index in [0.29, 0.717) is 16.8 Å². The fraction of sp³-hybridized carbons (Fsp3) is 0.130. The van der Waals surface area contributed by atoms with Crippen molar-refractivity contribution >= 4 is 32.8 Å². The first-order valence-electron chi connectivity index (χ1n) is 10.5. The lowest BCUT2D eigenvalue weighted by atomic mass is 10.1. The Morgan fingerprint density at radius 2 is 1.70 bits per heavy atom. The zero-order valence-electron chi connectivity index (χ0n) is 18.7. The number of pyridine rings is 1. The van der Waals surface area contributed by atoms with Crippen LogP contribution in [-0.2, 0) is 16.6 Å². The fourth-order valence-corrected chi connectivity index (χ4v) is 3.96. The zero-order chi connectivity index (χ0) is 26.8. The summed E-state index contributed by atoms with van der Waals surface area (Å²) in [7, 11) is -4.08. The van der Waals surface area contributed by atoms with Gasteiger partial charge in [-0.1, -0.05) is 0 Å². The minimum atomic E-state index is -4.54. The van der Waals surface area contributed by atoms with E-state index in [0.717, 1.165) is 6.07 Å². The molecule has 0 aliphatic rings. The molecule has 0 aliphatic heterocycles. The lowest BCUT2D eigenvalue weighted by Gasteiger charge is -2.14. The second kappa shape index (κ2) is 9.96. The molecule has 0 aliphatic carbocycles. The number of hydrogen-bond donors (Lipinski definition) is 3. The van der Waals surface area contributed by atoms with Crippen LogP contribution < -0.4 is 15.8 Å². The van der Waals surface area contributed by atoms with Gasteiger partial charge in [0.15, 0.2) is 5.82 Å². The summed E-state index contributed by atoms with van der Waals surface area (Å²) >= 11 is 0. The molecule has 4 aromatic rings. The topological polar surface area (TPSA) is 147 Å². The predicted octanol–water partition coefficient (Wildman–Crippen LogP) is 3.94. The molecule has 0 spiro atoms. The smallest absolute Gasteiger partial charge is 0.359 e. The van der Waals surface area contributed by atoms with Gasteiger partial charge in [0.2, 0.25) is 16.0 Å². The van der Waals surface area contributed by atoms with Crippen LogP contribution >= 0.6 is 0 Å². The van der Waals surface area contributed by atoms with Crippen LogP contribution in [-0.4, -0.2) is 36.1 Å². The first-order chi connectivity index (χ1) is 17.4. The molecule has 0 unspecified atom stereocenters. The third kappa shape index (κ3) is 6.46. The molecule has 0 bridgehead atoms. The maximum absolute atomic E-state index is 13.3. The van der Waals surface area contributed by atoms with Crippen LogP contribution in [0.3, 0.4) is 0 Å². The average molecular weight is 531 g/mol. The lowest BCUT2D eigenvalue weighted by molar-refractivity contribution is -0.115. The van der Waals surface area contributed by atoms with Crippen molar-refractivity contribution in [1.82, 2.24) is 15.0 Å². The third-order valence-electron chi connectivity index (χ3n) is 5.01. The Hall–Kier alpha value is -4.35. The van der Waals surface area contributed by atoms with Crippen molar-refractivity contribution in [3.05, 3.63) is 71.5 Å². The van der Waals surface area contributed by atoms with E-state index >= 15 is 0 Å². The molecule has 0 fully saturated rings. The molecule has 37 heavy (non-hydrogen) atoms. The molecular formula is C23H17F4N7O2S. The standard InChI is InChI=1S/C23H17F4N7O2S/c24-16-3-1-15(2-4-16)18-5-6-19-20(32-18)21(31-12-23(25,26)27)34-22(33-19)30-11-14-7-13(10-28)8-17(9-14)37(29,35)36/h1-9H,11-12H2,(H2,29,35,36)(H2,30,31,33,34). The highest BCUT2D eigenvalue weighted by atomic mass is 32.2. The van der Waals surface area contributed by atoms with Gasteiger partial charge in [-0.25, -0.2) is 27.9 Å². The van der Waals surface area contributed by atoms with Crippen molar-refractivity contribution in [1.29, 1.82) is 5.26 Å². The number of hydrogen-bond acceptors (Lipinski definition) is 8. The Labute approximate surface area is 208 Å². The van der Waals surface area contributed by atoms with Crippen LogP contribution in [0.1, 0.15) is 11.1 Å². The van der Waals surface area contributed by atoms with E-state index < -0.39 is 28.6 Å². The van der Waals surface area contributed by atoms with Crippen LogP contribution in [0.5, 0.6) is 0 Å². The van der Waals surface area contributed by atoms with E-state index in [1.54, 1.807) is 6.07 Å². The highest BCUT2D eigenvalue weighted by Gasteiger charge is 2.27. The van der Waals surface area contributed by atoms with Gasteiger partial charge >= 0.3 is 6.18 Å². The van der Waals surface area contributed by atoms with Crippen molar-refractivity contribution in [2.75, 3.05) is 17.2 Å². The minimum absolute atomic E-state index is 0.0489. The van der Waals surface area contributed by atoms with Crippen molar-refractivity contribution in [2.45, 2.75) is 17.6 Å². The Balaban J connectivity index is 1.70. The highest BCUT2D eigenvalue weighted by Crippen LogP contribution is 2.27. The van der Waals surface area contributed by atoms with Gasteiger partial charge in [0, 0.05) is 12.1 Å². The summed E-state index contributed by atoms with van der Waals surface area (Å²) in [6, 6.07) is 14.2. The largest absolute Gasteiger partial charge is 0.405 e. The Morgan fingerprint density at radius 3 is 2.35 bits per heavy atom. The molecule has 4 N–H and O–H groups in total. The molecule has 2 aromatic heterocycles. The van der Waals surface area contributed by atoms with Gasteiger partial charge in [0.05, 0.1) is 27.7 Å². The number of nitriles is 1. The first-order valence-corrected chi connectivity index (χ1v) is 12.0. The molecule has 4 rings (SSSR count). The Bertz CT molecular complexity index is 1620. The van der Waals surface area contributed by atoms with Crippen LogP contribution in [0.15, 0.2) is 59.5 Å². The molecular weight excluding hydrogens is 514 g/mol. The van der Waals surface area contributed by atoms with Crippen LogP contribution in [0.2, 0.25) is 0 Å². The molecule has 0 saturated carbocycles. The number of benzene rings is 2. The molecule has 0 saturated heterocycles. The minimum Gasteiger partial charge on any atom is -0.359 e. The van der Waals surface area contributed by atoms with E-state index in [9.17, 15) is 31.2 Å². The van der Waals surface area contributed by atoms with Gasteiger partial charge in [0.25, 0.3) is 0 Å². The van der Waals surface area contributed by atoms with Gasteiger partial charge in [-0.15, -0.1) is 0 Å². The summed E-state index contributed by atoms with van der Waals surface area (Å²) in [5, 5.41) is 19.4. The normalized spacial score (nSPS) is 11.8. The number of anilines is 2. The number of aromatic nitrogens is 3. The monoisotopic (exact) mass is 531 g/mol. The lowest BCUT2D eigenvalue weighted by Crippen LogP contribution is -2.22. The van der Waals surface area contributed by atoms with E-state index in [2.05, 4.69) is 25.6 Å². The van der Waals surface area contributed by atoms with Crippen molar-refractivity contribution in [3.63, 3.8) is 0 Å². The highest BCUT2D eigenvalue weighted by molar-refractivity contribution is 7.89. The number of nitrogens with one attached hydrogen (secondary N) is 2. The summed E-state index contributed by atoms with van der Waals surface area (Å²) in [5.41, 5.74) is 1.57. The zero-order valence-corrected chi connectivity index (χ0v) is 19.5. The second-order valence-corrected chi connectivity index (χ2v) is 9.37. The van der Waals surface area contributed by atoms with Crippen molar-refractivity contribution < 1.29 is 26.0 Å². The van der Waals surface area contributed by atoms with E-state index in [1.165, 1.54) is 42.5 Å². The predicted molar refractivity (Wildman–Crippen MR) is 127 cm³/mol. The summed E-state index contributed by atoms with van der Waals surface area (Å²) in [6.07, 6.45) is -4.54. The number of fused-ring (bicyclic) bond motifs is 1. The molecule has 0 radical (unpaired) electrons. The number of halogens is 4. The van der Waals surface area contributed by atoms with Crippen LogP contribution in [0, 0.1) is 17.1 Å². The SMILES string of the molecule is N#Cc1cc(CNc2nc(NCC(F)(F)F)c3nc(-c4ccc(F)cc4)ccc3n2)cc(S(N)(=O)=O)c1. The van der Waals surface area contributed by atoms with Gasteiger partial charge in [-0.3, -0.25) is 0 Å². The van der Waals surface area contributed by atoms with Gasteiger partial charge in [-0.2, -0.15) is 23.4 Å². The molecule has 2 heterocycles. The van der Waals surface area contributed by atoms with E-state index in [-0.39, 0.29) is 39.8 Å². The maximum atomic E-state index is 13.3. The molecule has 9 nitrogen and oxygen atoms in total. The molecule has 2 aromatic carbocycles. The van der Waals surface area contributed by atoms with Gasteiger partial charge in [-0.05, 0) is 60.2 Å². The number of sulfonamides is 1. The maximum Gasteiger partial charge on any atom is 0.405 e. The molecule has 0 amide bonds. The molecule has 0 atom stereocenters. The second-order valence-electron chi connectivity index (χ2n) is 7.81. The Morgan fingerprint density at radius 1 is 0.973 bits per heavy atom. The van der Waals surface area contributed by atoms with Gasteiger partial charge < -0.3 is 10.6 Å². The summed E-state index contributed by atoms with van der Waals surface area (Å²) in [5.74, 6) is -0.731. The number of nitrogens with two attached hydrogens (primary N) is 1. The fourth-order valence-electron chi connectivity index (χ4n) is 3.35. The third-order valence-corrected chi connectivity index (χ3v) is 5.91. The average Bonchev–Trinajstić information content (AvgIpc) is 2.85. The number of rotatable bonds is 7. The molecule has 14 heteroatoms. The first kappa shape index (κ1) is 25.7. The quantitative estimate of drug-likeness (QED) is 0.304. The summed E-state index contributed by atoms with van der Waals surface area (Å²) < 4.78 is 75.5. The van der Waals surface area contributed by atoms with E-state index in [4.69, 9.17) is 5.14 Å². The number of nitrogens with zero attached hydrogens (tertiary/aromatic N) is 4. The van der Waals surface area contributed by atoms with Crippen LogP contribution in [0.25, 0.3) is 22.3 Å².